The minimum absolute atomic E-state index is 0.0597. The molecule has 0 spiro atoms. The molecule has 0 radical (unpaired) electrons. The number of nitrogens with one attached hydrogen (secondary N) is 2. The lowest BCUT2D eigenvalue weighted by Gasteiger charge is -2.22. The van der Waals surface area contributed by atoms with Crippen molar-refractivity contribution >= 4 is 5.91 Å². The van der Waals surface area contributed by atoms with Crippen molar-refractivity contribution in [2.75, 3.05) is 13.1 Å². The van der Waals surface area contributed by atoms with Crippen molar-refractivity contribution in [2.24, 2.45) is 5.92 Å². The molecule has 21 heavy (non-hydrogen) atoms. The lowest BCUT2D eigenvalue weighted by Crippen LogP contribution is -2.34. The number of hydrogen-bond donors (Lipinski definition) is 2. The van der Waals surface area contributed by atoms with Gasteiger partial charge in [0, 0.05) is 18.5 Å². The molecule has 1 unspecified atom stereocenters. The molecule has 1 aliphatic heterocycles. The van der Waals surface area contributed by atoms with Crippen molar-refractivity contribution in [3.05, 3.63) is 29.8 Å². The summed E-state index contributed by atoms with van der Waals surface area (Å²) >= 11 is 0. The Kier molecular flexibility index (Phi) is 5.92. The Balaban J connectivity index is 1.83. The van der Waals surface area contributed by atoms with E-state index in [0.717, 1.165) is 25.9 Å². The molecule has 1 aromatic rings. The third-order valence-electron chi connectivity index (χ3n) is 3.54. The van der Waals surface area contributed by atoms with Gasteiger partial charge in [0.25, 0.3) is 0 Å². The molecule has 1 fully saturated rings. The Hall–Kier alpha value is -1.69. The van der Waals surface area contributed by atoms with Crippen LogP contribution < -0.4 is 15.4 Å². The monoisotopic (exact) mass is 298 g/mol. The van der Waals surface area contributed by atoms with Gasteiger partial charge in [0.05, 0.1) is 0 Å². The Bertz CT molecular complexity index is 463. The van der Waals surface area contributed by atoms with E-state index in [9.17, 15) is 13.6 Å². The van der Waals surface area contributed by atoms with Gasteiger partial charge >= 0.3 is 6.61 Å². The molecule has 116 valence electrons. The predicted octanol–water partition coefficient (Wildman–Crippen LogP) is 2.29. The Morgan fingerprint density at radius 3 is 2.95 bits per heavy atom. The SMILES string of the molecule is O=C(CC1CCCNC1)NCc1ccccc1OC(F)F. The van der Waals surface area contributed by atoms with Gasteiger partial charge in [-0.2, -0.15) is 8.78 Å². The second-order valence-corrected chi connectivity index (χ2v) is 5.18. The fraction of sp³-hybridized carbons (Fsp3) is 0.533. The second-order valence-electron chi connectivity index (χ2n) is 5.18. The van der Waals surface area contributed by atoms with Crippen LogP contribution in [0.2, 0.25) is 0 Å². The van der Waals surface area contributed by atoms with Gasteiger partial charge in [-0.15, -0.1) is 0 Å². The highest BCUT2D eigenvalue weighted by molar-refractivity contribution is 5.76. The van der Waals surface area contributed by atoms with E-state index in [0.29, 0.717) is 17.9 Å². The van der Waals surface area contributed by atoms with Crippen LogP contribution in [0.4, 0.5) is 8.78 Å². The number of carbonyl (C=O) groups excluding carboxylic acids is 1. The van der Waals surface area contributed by atoms with Crippen molar-refractivity contribution in [1.29, 1.82) is 0 Å². The number of para-hydroxylation sites is 1. The van der Waals surface area contributed by atoms with Gasteiger partial charge in [0.15, 0.2) is 0 Å². The lowest BCUT2D eigenvalue weighted by atomic mass is 9.96. The molecule has 0 aromatic heterocycles. The summed E-state index contributed by atoms with van der Waals surface area (Å²) in [7, 11) is 0. The average Bonchev–Trinajstić information content (AvgIpc) is 2.47. The standard InChI is InChI=1S/C15H20F2N2O2/c16-15(17)21-13-6-2-1-5-12(13)10-19-14(20)8-11-4-3-7-18-9-11/h1-2,5-6,11,15,18H,3-4,7-10H2,(H,19,20). The van der Waals surface area contributed by atoms with Crippen LogP contribution in [-0.2, 0) is 11.3 Å². The highest BCUT2D eigenvalue weighted by Gasteiger charge is 2.17. The summed E-state index contributed by atoms with van der Waals surface area (Å²) < 4.78 is 29.0. The summed E-state index contributed by atoms with van der Waals surface area (Å²) in [6, 6.07) is 6.49. The van der Waals surface area contributed by atoms with Crippen molar-refractivity contribution in [3.63, 3.8) is 0 Å². The number of rotatable bonds is 6. The smallest absolute Gasteiger partial charge is 0.387 e. The first-order valence-corrected chi connectivity index (χ1v) is 7.15. The van der Waals surface area contributed by atoms with E-state index in [1.165, 1.54) is 6.07 Å². The van der Waals surface area contributed by atoms with Crippen LogP contribution in [0.15, 0.2) is 24.3 Å². The zero-order chi connectivity index (χ0) is 15.1. The number of alkyl halides is 2. The molecule has 0 saturated carbocycles. The molecule has 6 heteroatoms. The molecule has 1 aromatic carbocycles. The number of hydrogen-bond acceptors (Lipinski definition) is 3. The minimum Gasteiger partial charge on any atom is -0.434 e. The second kappa shape index (κ2) is 7.93. The molecular formula is C15H20F2N2O2. The molecule has 0 aliphatic carbocycles. The highest BCUT2D eigenvalue weighted by Crippen LogP contribution is 2.20. The summed E-state index contributed by atoms with van der Waals surface area (Å²) in [5.74, 6) is 0.397. The topological polar surface area (TPSA) is 50.4 Å². The lowest BCUT2D eigenvalue weighted by molar-refractivity contribution is -0.122. The molecule has 4 nitrogen and oxygen atoms in total. The molecule has 1 saturated heterocycles. The third-order valence-corrected chi connectivity index (χ3v) is 3.54. The third kappa shape index (κ3) is 5.30. The quantitative estimate of drug-likeness (QED) is 0.847. The number of benzene rings is 1. The van der Waals surface area contributed by atoms with Crippen LogP contribution in [0.25, 0.3) is 0 Å². The van der Waals surface area contributed by atoms with Crippen LogP contribution in [0.5, 0.6) is 5.75 Å². The molecule has 1 aliphatic rings. The van der Waals surface area contributed by atoms with E-state index in [-0.39, 0.29) is 18.2 Å². The van der Waals surface area contributed by atoms with Crippen LogP contribution >= 0.6 is 0 Å². The fourth-order valence-electron chi connectivity index (χ4n) is 2.49. The summed E-state index contributed by atoms with van der Waals surface area (Å²) in [5, 5.41) is 6.03. The molecular weight excluding hydrogens is 278 g/mol. The van der Waals surface area contributed by atoms with Crippen molar-refractivity contribution in [2.45, 2.75) is 32.4 Å². The number of piperidine rings is 1. The summed E-state index contributed by atoms with van der Waals surface area (Å²) in [5.41, 5.74) is 0.549. The van der Waals surface area contributed by atoms with Crippen LogP contribution in [0.1, 0.15) is 24.8 Å². The van der Waals surface area contributed by atoms with Crippen LogP contribution in [0, 0.1) is 5.92 Å². The Morgan fingerprint density at radius 1 is 1.43 bits per heavy atom. The van der Waals surface area contributed by atoms with Crippen molar-refractivity contribution in [1.82, 2.24) is 10.6 Å². The number of ether oxygens (including phenoxy) is 1. The molecule has 1 atom stereocenters. The summed E-state index contributed by atoms with van der Waals surface area (Å²) in [4.78, 5) is 11.9. The number of halogens is 2. The molecule has 2 rings (SSSR count). The number of carbonyl (C=O) groups is 1. The zero-order valence-electron chi connectivity index (χ0n) is 11.8. The van der Waals surface area contributed by atoms with Crippen LogP contribution in [0.3, 0.4) is 0 Å². The van der Waals surface area contributed by atoms with E-state index in [2.05, 4.69) is 15.4 Å². The van der Waals surface area contributed by atoms with Gasteiger partial charge in [-0.25, -0.2) is 0 Å². The average molecular weight is 298 g/mol. The minimum atomic E-state index is -2.87. The van der Waals surface area contributed by atoms with Gasteiger partial charge in [-0.05, 0) is 37.9 Å². The molecule has 1 heterocycles. The number of amides is 1. The van der Waals surface area contributed by atoms with Gasteiger partial charge < -0.3 is 15.4 Å². The van der Waals surface area contributed by atoms with Gasteiger partial charge in [0.2, 0.25) is 5.91 Å². The van der Waals surface area contributed by atoms with E-state index in [1.807, 2.05) is 0 Å². The first kappa shape index (κ1) is 15.7. The van der Waals surface area contributed by atoms with E-state index >= 15 is 0 Å². The maximum atomic E-state index is 12.3. The predicted molar refractivity (Wildman–Crippen MR) is 75.1 cm³/mol. The maximum Gasteiger partial charge on any atom is 0.387 e. The van der Waals surface area contributed by atoms with E-state index in [4.69, 9.17) is 0 Å². The Labute approximate surface area is 122 Å². The van der Waals surface area contributed by atoms with Gasteiger partial charge in [0.1, 0.15) is 5.75 Å². The van der Waals surface area contributed by atoms with Crippen molar-refractivity contribution < 1.29 is 18.3 Å². The van der Waals surface area contributed by atoms with Crippen molar-refractivity contribution in [3.8, 4) is 5.75 Å². The van der Waals surface area contributed by atoms with E-state index in [1.54, 1.807) is 18.2 Å². The normalized spacial score (nSPS) is 18.5. The van der Waals surface area contributed by atoms with Gasteiger partial charge in [-0.3, -0.25) is 4.79 Å². The molecule has 1 amide bonds. The largest absolute Gasteiger partial charge is 0.434 e. The first-order valence-electron chi connectivity index (χ1n) is 7.15. The summed E-state index contributed by atoms with van der Waals surface area (Å²) in [6.07, 6.45) is 2.60. The zero-order valence-corrected chi connectivity index (χ0v) is 11.8. The molecule has 0 bridgehead atoms. The first-order chi connectivity index (χ1) is 10.1. The molecule has 2 N–H and O–H groups in total. The van der Waals surface area contributed by atoms with Crippen LogP contribution in [-0.4, -0.2) is 25.6 Å². The summed E-state index contributed by atoms with van der Waals surface area (Å²) in [6.45, 7) is -0.799. The van der Waals surface area contributed by atoms with E-state index < -0.39 is 6.61 Å². The maximum absolute atomic E-state index is 12.3. The highest BCUT2D eigenvalue weighted by atomic mass is 19.3. The Morgan fingerprint density at radius 2 is 2.24 bits per heavy atom. The fourth-order valence-corrected chi connectivity index (χ4v) is 2.49. The van der Waals surface area contributed by atoms with Gasteiger partial charge in [-0.1, -0.05) is 18.2 Å².